The van der Waals surface area contributed by atoms with E-state index < -0.39 is 0 Å². The second-order valence-corrected chi connectivity index (χ2v) is 4.59. The molecule has 0 bridgehead atoms. The van der Waals surface area contributed by atoms with Gasteiger partial charge in [-0.2, -0.15) is 0 Å². The lowest BCUT2D eigenvalue weighted by Gasteiger charge is -2.08. The molecular weight excluding hydrogens is 266 g/mol. The first-order chi connectivity index (χ1) is 10.3. The number of hydrogen-bond donors (Lipinski definition) is 1. The summed E-state index contributed by atoms with van der Waals surface area (Å²) in [6.07, 6.45) is 1.48. The summed E-state index contributed by atoms with van der Waals surface area (Å²) >= 11 is 0. The van der Waals surface area contributed by atoms with Crippen LogP contribution in [0.3, 0.4) is 0 Å². The molecule has 1 heterocycles. The molecule has 5 nitrogen and oxygen atoms in total. The Balaban J connectivity index is 1.81. The maximum absolute atomic E-state index is 5.79. The minimum Gasteiger partial charge on any atom is -0.497 e. The third kappa shape index (κ3) is 2.86. The molecule has 0 aliphatic heterocycles. The molecule has 106 valence electrons. The van der Waals surface area contributed by atoms with E-state index in [1.165, 1.54) is 6.33 Å². The molecule has 3 aromatic rings. The summed E-state index contributed by atoms with van der Waals surface area (Å²) < 4.78 is 10.9. The number of methoxy groups -OCH3 is 1. The topological polar surface area (TPSA) is 70.3 Å². The molecule has 0 unspecified atom stereocenters. The number of nitrogens with zero attached hydrogens (tertiary/aromatic N) is 2. The van der Waals surface area contributed by atoms with Crippen LogP contribution in [0.5, 0.6) is 11.6 Å². The zero-order chi connectivity index (χ0) is 14.7. The molecule has 5 heteroatoms. The molecule has 0 radical (unpaired) electrons. The van der Waals surface area contributed by atoms with Gasteiger partial charge in [-0.3, -0.25) is 0 Å². The zero-order valence-corrected chi connectivity index (χ0v) is 11.6. The molecular formula is C16H15N3O2. The smallest absolute Gasteiger partial charge is 0.224 e. The number of nitrogens with two attached hydrogens (primary N) is 1. The van der Waals surface area contributed by atoms with Gasteiger partial charge in [-0.05, 0) is 35.9 Å². The molecule has 0 aliphatic carbocycles. The molecule has 0 spiro atoms. The van der Waals surface area contributed by atoms with Crippen LogP contribution in [-0.4, -0.2) is 17.1 Å². The largest absolute Gasteiger partial charge is 0.497 e. The number of rotatable bonds is 4. The van der Waals surface area contributed by atoms with Crippen LogP contribution >= 0.6 is 0 Å². The monoisotopic (exact) mass is 281 g/mol. The number of benzene rings is 2. The number of ether oxygens (including phenoxy) is 2. The molecule has 0 saturated heterocycles. The van der Waals surface area contributed by atoms with Crippen LogP contribution in [0.25, 0.3) is 10.9 Å². The predicted octanol–water partition coefficient (Wildman–Crippen LogP) is 2.80. The number of hydrogen-bond acceptors (Lipinski definition) is 5. The highest BCUT2D eigenvalue weighted by molar-refractivity contribution is 5.85. The van der Waals surface area contributed by atoms with Gasteiger partial charge < -0.3 is 15.2 Å². The van der Waals surface area contributed by atoms with Gasteiger partial charge in [0.05, 0.1) is 18.0 Å². The molecule has 0 atom stereocenters. The lowest BCUT2D eigenvalue weighted by molar-refractivity contribution is 0.297. The zero-order valence-electron chi connectivity index (χ0n) is 11.6. The van der Waals surface area contributed by atoms with Crippen molar-refractivity contribution in [2.45, 2.75) is 6.61 Å². The van der Waals surface area contributed by atoms with Crippen LogP contribution in [0.1, 0.15) is 5.56 Å². The van der Waals surface area contributed by atoms with Gasteiger partial charge in [0.15, 0.2) is 0 Å². The summed E-state index contributed by atoms with van der Waals surface area (Å²) in [5.41, 5.74) is 8.23. The standard InChI is InChI=1S/C16H15N3O2/c1-20-13-5-2-11(3-6-13)9-21-16-14-7-4-12(17)8-15(14)18-10-19-16/h2-8,10H,9,17H2,1H3. The fourth-order valence-electron chi connectivity index (χ4n) is 2.04. The van der Waals surface area contributed by atoms with Gasteiger partial charge in [-0.1, -0.05) is 12.1 Å². The lowest BCUT2D eigenvalue weighted by atomic mass is 10.2. The fraction of sp³-hybridized carbons (Fsp3) is 0.125. The van der Waals surface area contributed by atoms with Crippen molar-refractivity contribution in [3.05, 3.63) is 54.4 Å². The lowest BCUT2D eigenvalue weighted by Crippen LogP contribution is -1.99. The van der Waals surface area contributed by atoms with Gasteiger partial charge >= 0.3 is 0 Å². The van der Waals surface area contributed by atoms with Crippen LogP contribution in [0.4, 0.5) is 5.69 Å². The van der Waals surface area contributed by atoms with E-state index in [4.69, 9.17) is 15.2 Å². The number of nitrogen functional groups attached to an aromatic ring is 1. The molecule has 21 heavy (non-hydrogen) atoms. The molecule has 3 rings (SSSR count). The van der Waals surface area contributed by atoms with E-state index in [0.29, 0.717) is 18.2 Å². The summed E-state index contributed by atoms with van der Waals surface area (Å²) in [6.45, 7) is 0.431. The van der Waals surface area contributed by atoms with Crippen molar-refractivity contribution in [3.63, 3.8) is 0 Å². The average molecular weight is 281 g/mol. The second kappa shape index (κ2) is 5.66. The van der Waals surface area contributed by atoms with Gasteiger partial charge in [-0.25, -0.2) is 9.97 Å². The Labute approximate surface area is 122 Å². The first-order valence-corrected chi connectivity index (χ1v) is 6.52. The Morgan fingerprint density at radius 1 is 1.05 bits per heavy atom. The Morgan fingerprint density at radius 2 is 1.86 bits per heavy atom. The summed E-state index contributed by atoms with van der Waals surface area (Å²) in [4.78, 5) is 8.38. The van der Waals surface area contributed by atoms with E-state index in [2.05, 4.69) is 9.97 Å². The normalized spacial score (nSPS) is 10.5. The first-order valence-electron chi connectivity index (χ1n) is 6.52. The third-order valence-electron chi connectivity index (χ3n) is 3.16. The average Bonchev–Trinajstić information content (AvgIpc) is 2.53. The van der Waals surface area contributed by atoms with Gasteiger partial charge in [-0.15, -0.1) is 0 Å². The minimum atomic E-state index is 0.431. The van der Waals surface area contributed by atoms with Crippen molar-refractivity contribution in [3.8, 4) is 11.6 Å². The SMILES string of the molecule is COc1ccc(COc2ncnc3cc(N)ccc23)cc1. The van der Waals surface area contributed by atoms with Crippen LogP contribution in [0.15, 0.2) is 48.8 Å². The Bertz CT molecular complexity index is 757. The molecule has 0 aliphatic rings. The van der Waals surface area contributed by atoms with E-state index in [0.717, 1.165) is 22.2 Å². The summed E-state index contributed by atoms with van der Waals surface area (Å²) in [5.74, 6) is 1.37. The highest BCUT2D eigenvalue weighted by Gasteiger charge is 2.05. The quantitative estimate of drug-likeness (QED) is 0.745. The molecule has 0 amide bonds. The van der Waals surface area contributed by atoms with Crippen LogP contribution in [0, 0.1) is 0 Å². The van der Waals surface area contributed by atoms with Crippen molar-refractivity contribution < 1.29 is 9.47 Å². The molecule has 0 saturated carbocycles. The van der Waals surface area contributed by atoms with Crippen molar-refractivity contribution in [2.75, 3.05) is 12.8 Å². The molecule has 2 N–H and O–H groups in total. The van der Waals surface area contributed by atoms with Gasteiger partial charge in [0, 0.05) is 5.69 Å². The molecule has 1 aromatic heterocycles. The highest BCUT2D eigenvalue weighted by atomic mass is 16.5. The van der Waals surface area contributed by atoms with Gasteiger partial charge in [0.25, 0.3) is 0 Å². The molecule has 2 aromatic carbocycles. The van der Waals surface area contributed by atoms with Crippen molar-refractivity contribution in [1.82, 2.24) is 9.97 Å². The number of fused-ring (bicyclic) bond motifs is 1. The Morgan fingerprint density at radius 3 is 2.62 bits per heavy atom. The van der Waals surface area contributed by atoms with Gasteiger partial charge in [0.1, 0.15) is 18.7 Å². The van der Waals surface area contributed by atoms with E-state index in [9.17, 15) is 0 Å². The minimum absolute atomic E-state index is 0.431. The number of aromatic nitrogens is 2. The van der Waals surface area contributed by atoms with E-state index >= 15 is 0 Å². The van der Waals surface area contributed by atoms with Crippen LogP contribution in [0.2, 0.25) is 0 Å². The van der Waals surface area contributed by atoms with E-state index in [1.807, 2.05) is 36.4 Å². The van der Waals surface area contributed by atoms with E-state index in [1.54, 1.807) is 13.2 Å². The summed E-state index contributed by atoms with van der Waals surface area (Å²) in [5, 5.41) is 0.847. The van der Waals surface area contributed by atoms with Crippen molar-refractivity contribution in [2.24, 2.45) is 0 Å². The van der Waals surface area contributed by atoms with Crippen LogP contribution in [-0.2, 0) is 6.61 Å². The number of anilines is 1. The van der Waals surface area contributed by atoms with E-state index in [-0.39, 0.29) is 0 Å². The van der Waals surface area contributed by atoms with Crippen LogP contribution < -0.4 is 15.2 Å². The van der Waals surface area contributed by atoms with Gasteiger partial charge in [0.2, 0.25) is 5.88 Å². The summed E-state index contributed by atoms with van der Waals surface area (Å²) in [6, 6.07) is 13.2. The fourth-order valence-corrected chi connectivity index (χ4v) is 2.04. The second-order valence-electron chi connectivity index (χ2n) is 4.59. The van der Waals surface area contributed by atoms with Crippen molar-refractivity contribution in [1.29, 1.82) is 0 Å². The maximum Gasteiger partial charge on any atom is 0.224 e. The predicted molar refractivity (Wildman–Crippen MR) is 81.3 cm³/mol. The Kier molecular flexibility index (Phi) is 3.55. The highest BCUT2D eigenvalue weighted by Crippen LogP contribution is 2.24. The Hall–Kier alpha value is -2.82. The van der Waals surface area contributed by atoms with Crippen molar-refractivity contribution >= 4 is 16.6 Å². The summed E-state index contributed by atoms with van der Waals surface area (Å²) in [7, 11) is 1.64. The third-order valence-corrected chi connectivity index (χ3v) is 3.16. The molecule has 0 fully saturated rings. The first kappa shape index (κ1) is 13.2. The maximum atomic E-state index is 5.79.